The molecular formula is C23H23BrN6O. The van der Waals surface area contributed by atoms with Crippen LogP contribution in [0, 0.1) is 13.8 Å². The van der Waals surface area contributed by atoms with E-state index in [4.69, 9.17) is 4.98 Å². The smallest absolute Gasteiger partial charge is 0.319 e. The summed E-state index contributed by atoms with van der Waals surface area (Å²) < 4.78 is 2.57. The standard InChI is InChI=1S/C23H23BrN6O/c1-15-7-9-17(10-8-15)28-23(31)26-12-11-25-21-13-20(18-6-4-3-5-16(18)2)29-22-19(24)14-27-30(21)22/h3-10,13-14,25H,11-12H2,1-2H3,(H2,26,28,31). The Kier molecular flexibility index (Phi) is 6.18. The summed E-state index contributed by atoms with van der Waals surface area (Å²) in [6.45, 7) is 5.05. The van der Waals surface area contributed by atoms with Gasteiger partial charge in [0.05, 0.1) is 16.4 Å². The van der Waals surface area contributed by atoms with E-state index >= 15 is 0 Å². The van der Waals surface area contributed by atoms with E-state index < -0.39 is 0 Å². The lowest BCUT2D eigenvalue weighted by molar-refractivity contribution is 0.252. The third kappa shape index (κ3) is 4.86. The highest BCUT2D eigenvalue weighted by Crippen LogP contribution is 2.27. The molecule has 0 aliphatic rings. The Morgan fingerprint density at radius 1 is 1.06 bits per heavy atom. The predicted molar refractivity (Wildman–Crippen MR) is 128 cm³/mol. The predicted octanol–water partition coefficient (Wildman–Crippen LogP) is 5.01. The molecule has 0 aliphatic carbocycles. The first-order chi connectivity index (χ1) is 15.0. The minimum absolute atomic E-state index is 0.243. The van der Waals surface area contributed by atoms with E-state index in [1.165, 1.54) is 0 Å². The molecule has 7 nitrogen and oxygen atoms in total. The summed E-state index contributed by atoms with van der Waals surface area (Å²) in [6, 6.07) is 17.5. The van der Waals surface area contributed by atoms with E-state index in [1.807, 2.05) is 49.4 Å². The van der Waals surface area contributed by atoms with Gasteiger partial charge in [0.1, 0.15) is 5.82 Å². The van der Waals surface area contributed by atoms with Crippen molar-refractivity contribution >= 4 is 39.1 Å². The van der Waals surface area contributed by atoms with Gasteiger partial charge in [-0.05, 0) is 47.5 Å². The number of nitrogens with zero attached hydrogens (tertiary/aromatic N) is 3. The zero-order valence-electron chi connectivity index (χ0n) is 17.3. The second-order valence-electron chi connectivity index (χ2n) is 7.24. The number of urea groups is 1. The van der Waals surface area contributed by atoms with E-state index in [0.717, 1.165) is 44.0 Å². The van der Waals surface area contributed by atoms with Crippen LogP contribution in [0.2, 0.25) is 0 Å². The van der Waals surface area contributed by atoms with Gasteiger partial charge in [0, 0.05) is 30.4 Å². The Hall–Kier alpha value is -3.39. The van der Waals surface area contributed by atoms with Gasteiger partial charge in [-0.3, -0.25) is 0 Å². The van der Waals surface area contributed by atoms with Crippen molar-refractivity contribution < 1.29 is 4.79 Å². The summed E-state index contributed by atoms with van der Waals surface area (Å²) >= 11 is 3.52. The maximum Gasteiger partial charge on any atom is 0.319 e. The number of anilines is 2. The van der Waals surface area contributed by atoms with Crippen molar-refractivity contribution in [1.82, 2.24) is 19.9 Å². The van der Waals surface area contributed by atoms with Crippen molar-refractivity contribution in [3.05, 3.63) is 76.4 Å². The lowest BCUT2D eigenvalue weighted by Gasteiger charge is -2.13. The second-order valence-corrected chi connectivity index (χ2v) is 8.10. The Morgan fingerprint density at radius 2 is 1.84 bits per heavy atom. The highest BCUT2D eigenvalue weighted by molar-refractivity contribution is 9.10. The Balaban J connectivity index is 1.44. The first-order valence-corrected chi connectivity index (χ1v) is 10.8. The van der Waals surface area contributed by atoms with Gasteiger partial charge in [-0.25, -0.2) is 9.78 Å². The number of benzene rings is 2. The van der Waals surface area contributed by atoms with Gasteiger partial charge in [0.15, 0.2) is 5.65 Å². The Morgan fingerprint density at radius 3 is 2.61 bits per heavy atom. The topological polar surface area (TPSA) is 83.4 Å². The molecule has 4 rings (SSSR count). The first kappa shape index (κ1) is 20.9. The molecule has 0 bridgehead atoms. The molecule has 0 atom stereocenters. The second kappa shape index (κ2) is 9.18. The van der Waals surface area contributed by atoms with E-state index in [2.05, 4.69) is 56.0 Å². The third-order valence-electron chi connectivity index (χ3n) is 4.88. The highest BCUT2D eigenvalue weighted by atomic mass is 79.9. The number of aryl methyl sites for hydroxylation is 2. The summed E-state index contributed by atoms with van der Waals surface area (Å²) in [5, 5.41) is 13.4. The van der Waals surface area contributed by atoms with Gasteiger partial charge in [-0.1, -0.05) is 42.0 Å². The van der Waals surface area contributed by atoms with Crippen LogP contribution in [0.4, 0.5) is 16.3 Å². The summed E-state index contributed by atoms with van der Waals surface area (Å²) in [7, 11) is 0. The number of carbonyl (C=O) groups excluding carboxylic acids is 1. The highest BCUT2D eigenvalue weighted by Gasteiger charge is 2.12. The quantitative estimate of drug-likeness (QED) is 0.340. The number of hydrogen-bond acceptors (Lipinski definition) is 4. The van der Waals surface area contributed by atoms with E-state index in [0.29, 0.717) is 13.1 Å². The fraction of sp³-hybridized carbons (Fsp3) is 0.174. The van der Waals surface area contributed by atoms with Crippen LogP contribution < -0.4 is 16.0 Å². The molecule has 8 heteroatoms. The number of nitrogens with one attached hydrogen (secondary N) is 3. The SMILES string of the molecule is Cc1ccc(NC(=O)NCCNc2cc(-c3ccccc3C)nc3c(Br)cnn23)cc1. The molecule has 0 saturated heterocycles. The molecule has 0 unspecified atom stereocenters. The molecule has 2 aromatic heterocycles. The molecule has 0 fully saturated rings. The Bertz CT molecular complexity index is 1220. The van der Waals surface area contributed by atoms with E-state index in [1.54, 1.807) is 10.7 Å². The van der Waals surface area contributed by atoms with Gasteiger partial charge in [0.25, 0.3) is 0 Å². The van der Waals surface area contributed by atoms with Crippen LogP contribution in [0.25, 0.3) is 16.9 Å². The monoisotopic (exact) mass is 478 g/mol. The van der Waals surface area contributed by atoms with Crippen molar-refractivity contribution in [2.75, 3.05) is 23.7 Å². The van der Waals surface area contributed by atoms with Crippen molar-refractivity contribution in [3.8, 4) is 11.3 Å². The minimum atomic E-state index is -0.243. The number of carbonyl (C=O) groups is 1. The van der Waals surface area contributed by atoms with E-state index in [9.17, 15) is 4.79 Å². The molecule has 0 aliphatic heterocycles. The summed E-state index contributed by atoms with van der Waals surface area (Å²) in [6.07, 6.45) is 1.72. The average molecular weight is 479 g/mol. The number of hydrogen-bond donors (Lipinski definition) is 3. The van der Waals surface area contributed by atoms with Crippen LogP contribution in [0.1, 0.15) is 11.1 Å². The first-order valence-electron chi connectivity index (χ1n) is 9.97. The van der Waals surface area contributed by atoms with Crippen LogP contribution in [-0.2, 0) is 0 Å². The maximum atomic E-state index is 12.1. The van der Waals surface area contributed by atoms with Crippen LogP contribution in [0.3, 0.4) is 0 Å². The molecule has 158 valence electrons. The third-order valence-corrected chi connectivity index (χ3v) is 5.44. The maximum absolute atomic E-state index is 12.1. The Labute approximate surface area is 189 Å². The van der Waals surface area contributed by atoms with Crippen LogP contribution in [0.5, 0.6) is 0 Å². The number of amides is 2. The molecular weight excluding hydrogens is 456 g/mol. The fourth-order valence-electron chi connectivity index (χ4n) is 3.24. The molecule has 0 radical (unpaired) electrons. The van der Waals surface area contributed by atoms with Crippen molar-refractivity contribution in [3.63, 3.8) is 0 Å². The van der Waals surface area contributed by atoms with Crippen molar-refractivity contribution in [2.24, 2.45) is 0 Å². The zero-order chi connectivity index (χ0) is 21.8. The fourth-order valence-corrected chi connectivity index (χ4v) is 3.59. The van der Waals surface area contributed by atoms with Gasteiger partial charge in [0.2, 0.25) is 0 Å². The van der Waals surface area contributed by atoms with E-state index in [-0.39, 0.29) is 6.03 Å². The van der Waals surface area contributed by atoms with Gasteiger partial charge in [-0.15, -0.1) is 0 Å². The molecule has 0 spiro atoms. The van der Waals surface area contributed by atoms with Gasteiger partial charge in [-0.2, -0.15) is 9.61 Å². The minimum Gasteiger partial charge on any atom is -0.368 e. The van der Waals surface area contributed by atoms with Crippen LogP contribution >= 0.6 is 15.9 Å². The average Bonchev–Trinajstić information content (AvgIpc) is 3.14. The number of rotatable bonds is 6. The molecule has 3 N–H and O–H groups in total. The lowest BCUT2D eigenvalue weighted by Crippen LogP contribution is -2.32. The van der Waals surface area contributed by atoms with Crippen molar-refractivity contribution in [1.29, 1.82) is 0 Å². The summed E-state index contributed by atoms with van der Waals surface area (Å²) in [5.74, 6) is 0.801. The molecule has 4 aromatic rings. The van der Waals surface area contributed by atoms with Crippen molar-refractivity contribution in [2.45, 2.75) is 13.8 Å². The number of halogens is 1. The largest absolute Gasteiger partial charge is 0.368 e. The number of fused-ring (bicyclic) bond motifs is 1. The molecule has 31 heavy (non-hydrogen) atoms. The van der Waals surface area contributed by atoms with Crippen LogP contribution in [0.15, 0.2) is 65.3 Å². The van der Waals surface area contributed by atoms with Gasteiger partial charge >= 0.3 is 6.03 Å². The summed E-state index contributed by atoms with van der Waals surface area (Å²) in [4.78, 5) is 16.9. The van der Waals surface area contributed by atoms with Gasteiger partial charge < -0.3 is 16.0 Å². The summed E-state index contributed by atoms with van der Waals surface area (Å²) in [5.41, 5.74) is 5.71. The normalized spacial score (nSPS) is 10.8. The lowest BCUT2D eigenvalue weighted by atomic mass is 10.1. The van der Waals surface area contributed by atoms with Crippen LogP contribution in [-0.4, -0.2) is 33.7 Å². The molecule has 2 amide bonds. The molecule has 2 aromatic carbocycles. The molecule has 0 saturated carbocycles. The molecule has 2 heterocycles. The zero-order valence-corrected chi connectivity index (χ0v) is 18.9. The number of aromatic nitrogens is 3.